The van der Waals surface area contributed by atoms with E-state index in [0.29, 0.717) is 0 Å². The van der Waals surface area contributed by atoms with Gasteiger partial charge in [0.25, 0.3) is 0 Å². The minimum absolute atomic E-state index is 0.0239. The van der Waals surface area contributed by atoms with E-state index < -0.39 is 5.60 Å². The fourth-order valence-corrected chi connectivity index (χ4v) is 4.25. The second kappa shape index (κ2) is 5.85. The first-order valence-electron chi connectivity index (χ1n) is 9.16. The molecule has 25 heavy (non-hydrogen) atoms. The van der Waals surface area contributed by atoms with Crippen LogP contribution in [0.3, 0.4) is 0 Å². The van der Waals surface area contributed by atoms with Gasteiger partial charge in [-0.2, -0.15) is 0 Å². The largest absolute Gasteiger partial charge is 0.389 e. The number of hydrogen-bond donors (Lipinski definition) is 1. The Kier molecular flexibility index (Phi) is 4.20. The van der Waals surface area contributed by atoms with Crippen molar-refractivity contribution in [3.05, 3.63) is 70.8 Å². The molecule has 0 aliphatic heterocycles. The van der Waals surface area contributed by atoms with Crippen LogP contribution in [0.5, 0.6) is 0 Å². The third kappa shape index (κ3) is 3.06. The van der Waals surface area contributed by atoms with Crippen LogP contribution in [-0.4, -0.2) is 10.7 Å². The van der Waals surface area contributed by atoms with Gasteiger partial charge in [0.2, 0.25) is 0 Å². The van der Waals surface area contributed by atoms with Crippen LogP contribution in [0.25, 0.3) is 11.6 Å². The average Bonchev–Trinajstić information content (AvgIpc) is 2.53. The molecule has 1 nitrogen and oxygen atoms in total. The van der Waals surface area contributed by atoms with Crippen molar-refractivity contribution in [1.82, 2.24) is 0 Å². The number of hydrogen-bond acceptors (Lipinski definition) is 1. The molecule has 0 saturated carbocycles. The first-order chi connectivity index (χ1) is 11.5. The topological polar surface area (TPSA) is 20.2 Å². The van der Waals surface area contributed by atoms with Crippen molar-refractivity contribution in [2.45, 2.75) is 64.4 Å². The van der Waals surface area contributed by atoms with Crippen molar-refractivity contribution in [1.29, 1.82) is 0 Å². The Bertz CT molecular complexity index is 807. The van der Waals surface area contributed by atoms with Crippen LogP contribution < -0.4 is 0 Å². The molecule has 0 saturated heterocycles. The van der Waals surface area contributed by atoms with Crippen molar-refractivity contribution in [3.63, 3.8) is 0 Å². The molecule has 0 spiro atoms. The Morgan fingerprint density at radius 3 is 2.20 bits per heavy atom. The van der Waals surface area contributed by atoms with E-state index in [1.165, 1.54) is 27.8 Å². The molecule has 0 bridgehead atoms. The maximum Gasteiger partial charge on any atom is 0.0719 e. The molecule has 1 N–H and O–H groups in total. The van der Waals surface area contributed by atoms with Gasteiger partial charge in [-0.3, -0.25) is 0 Å². The number of allylic oxidation sites excluding steroid dienone is 1. The summed E-state index contributed by atoms with van der Waals surface area (Å²) in [6.45, 7) is 13.0. The van der Waals surface area contributed by atoms with Crippen LogP contribution in [0.4, 0.5) is 0 Å². The van der Waals surface area contributed by atoms with Gasteiger partial charge >= 0.3 is 0 Å². The third-order valence-electron chi connectivity index (χ3n) is 6.19. The van der Waals surface area contributed by atoms with E-state index >= 15 is 0 Å². The summed E-state index contributed by atoms with van der Waals surface area (Å²) in [6, 6.07) is 17.2. The fraction of sp³-hybridized carbons (Fsp3) is 0.417. The summed E-state index contributed by atoms with van der Waals surface area (Å²) in [5.74, 6) is 0. The molecule has 132 valence electrons. The van der Waals surface area contributed by atoms with Gasteiger partial charge in [-0.25, -0.2) is 0 Å². The molecule has 0 radical (unpaired) electrons. The highest BCUT2D eigenvalue weighted by atomic mass is 16.3. The summed E-state index contributed by atoms with van der Waals surface area (Å²) in [5.41, 5.74) is 5.29. The zero-order valence-corrected chi connectivity index (χ0v) is 16.4. The van der Waals surface area contributed by atoms with Crippen molar-refractivity contribution in [2.24, 2.45) is 0 Å². The molecule has 1 aliphatic rings. The molecule has 3 rings (SSSR count). The predicted molar refractivity (Wildman–Crippen MR) is 108 cm³/mol. The highest BCUT2D eigenvalue weighted by Gasteiger charge is 2.50. The Morgan fingerprint density at radius 1 is 0.920 bits per heavy atom. The van der Waals surface area contributed by atoms with Gasteiger partial charge in [0.1, 0.15) is 0 Å². The summed E-state index contributed by atoms with van der Waals surface area (Å²) in [6.07, 6.45) is 3.00. The van der Waals surface area contributed by atoms with E-state index in [1.807, 2.05) is 13.0 Å². The summed E-state index contributed by atoms with van der Waals surface area (Å²) >= 11 is 0. The second-order valence-electron chi connectivity index (χ2n) is 8.96. The van der Waals surface area contributed by atoms with Gasteiger partial charge in [0.05, 0.1) is 5.60 Å². The summed E-state index contributed by atoms with van der Waals surface area (Å²) in [7, 11) is 0. The van der Waals surface area contributed by atoms with E-state index in [9.17, 15) is 5.11 Å². The van der Waals surface area contributed by atoms with Gasteiger partial charge in [-0.05, 0) is 53.5 Å². The van der Waals surface area contributed by atoms with Crippen molar-refractivity contribution in [3.8, 4) is 0 Å². The SMILES string of the molecule is CC(=Cc1ccccc1)c1ccc2c(c1)C(C)(C)C(C)(O)CC2(C)C. The minimum atomic E-state index is -0.723. The molecule has 2 aromatic rings. The third-order valence-corrected chi connectivity index (χ3v) is 6.19. The molecule has 2 aromatic carbocycles. The molecule has 0 aromatic heterocycles. The van der Waals surface area contributed by atoms with Crippen molar-refractivity contribution in [2.75, 3.05) is 0 Å². The van der Waals surface area contributed by atoms with Crippen LogP contribution in [-0.2, 0) is 10.8 Å². The van der Waals surface area contributed by atoms with Gasteiger partial charge in [-0.1, -0.05) is 82.3 Å². The molecule has 1 unspecified atom stereocenters. The zero-order chi connectivity index (χ0) is 18.5. The molecule has 1 atom stereocenters. The smallest absolute Gasteiger partial charge is 0.0719 e. The van der Waals surface area contributed by atoms with Crippen LogP contribution in [0, 0.1) is 0 Å². The lowest BCUT2D eigenvalue weighted by molar-refractivity contribution is -0.0421. The molecule has 1 heteroatoms. The lowest BCUT2D eigenvalue weighted by Gasteiger charge is -2.51. The van der Waals surface area contributed by atoms with Crippen LogP contribution in [0.2, 0.25) is 0 Å². The maximum atomic E-state index is 11.1. The maximum absolute atomic E-state index is 11.1. The monoisotopic (exact) mass is 334 g/mol. The van der Waals surface area contributed by atoms with Gasteiger partial charge < -0.3 is 5.11 Å². The normalized spacial score (nSPS) is 24.7. The molecular weight excluding hydrogens is 304 g/mol. The molecule has 0 amide bonds. The van der Waals surface area contributed by atoms with Gasteiger partial charge in [0.15, 0.2) is 0 Å². The lowest BCUT2D eigenvalue weighted by Crippen LogP contribution is -2.53. The van der Waals surface area contributed by atoms with E-state index in [2.05, 4.69) is 83.2 Å². The Morgan fingerprint density at radius 2 is 1.56 bits per heavy atom. The lowest BCUT2D eigenvalue weighted by atomic mass is 9.56. The highest BCUT2D eigenvalue weighted by Crippen LogP contribution is 2.51. The van der Waals surface area contributed by atoms with Crippen LogP contribution in [0.1, 0.15) is 70.2 Å². The predicted octanol–water partition coefficient (Wildman–Crippen LogP) is 5.96. The fourth-order valence-electron chi connectivity index (χ4n) is 4.25. The zero-order valence-electron chi connectivity index (χ0n) is 16.4. The van der Waals surface area contributed by atoms with Crippen molar-refractivity contribution < 1.29 is 5.11 Å². The molecule has 1 aliphatic carbocycles. The number of fused-ring (bicyclic) bond motifs is 1. The Labute approximate surface area is 152 Å². The summed E-state index contributed by atoms with van der Waals surface area (Å²) < 4.78 is 0. The summed E-state index contributed by atoms with van der Waals surface area (Å²) in [4.78, 5) is 0. The van der Waals surface area contributed by atoms with Crippen molar-refractivity contribution >= 4 is 11.6 Å². The van der Waals surface area contributed by atoms with E-state index in [1.54, 1.807) is 0 Å². The minimum Gasteiger partial charge on any atom is -0.389 e. The van der Waals surface area contributed by atoms with E-state index in [4.69, 9.17) is 0 Å². The number of rotatable bonds is 2. The van der Waals surface area contributed by atoms with Crippen LogP contribution >= 0.6 is 0 Å². The first-order valence-corrected chi connectivity index (χ1v) is 9.16. The Balaban J connectivity index is 2.12. The average molecular weight is 335 g/mol. The van der Waals surface area contributed by atoms with Crippen LogP contribution in [0.15, 0.2) is 48.5 Å². The first kappa shape index (κ1) is 17.9. The summed E-state index contributed by atoms with van der Waals surface area (Å²) in [5, 5.41) is 11.1. The highest BCUT2D eigenvalue weighted by molar-refractivity contribution is 5.80. The van der Waals surface area contributed by atoms with Gasteiger partial charge in [-0.15, -0.1) is 0 Å². The standard InChI is InChI=1S/C24H30O/c1-17(14-18-10-8-7-9-11-18)19-12-13-20-21(15-19)23(4,5)24(6,25)16-22(20,2)3/h7-15,25H,16H2,1-6H3. The quantitative estimate of drug-likeness (QED) is 0.672. The number of benzene rings is 2. The molecular formula is C24H30O. The van der Waals surface area contributed by atoms with E-state index in [0.717, 1.165) is 6.42 Å². The molecule has 0 heterocycles. The Hall–Kier alpha value is -1.86. The van der Waals surface area contributed by atoms with Gasteiger partial charge in [0, 0.05) is 5.41 Å². The second-order valence-corrected chi connectivity index (χ2v) is 8.96. The number of aliphatic hydroxyl groups is 1. The van der Waals surface area contributed by atoms with E-state index in [-0.39, 0.29) is 10.8 Å². The molecule has 0 fully saturated rings.